The number of rotatable bonds is 11. The highest BCUT2D eigenvalue weighted by atomic mass is 16.5. The minimum atomic E-state index is -0.799. The molecule has 5 nitrogen and oxygen atoms in total. The number of aliphatic hydroxyl groups is 1. The van der Waals surface area contributed by atoms with Gasteiger partial charge >= 0.3 is 0 Å². The molecule has 3 aromatic rings. The van der Waals surface area contributed by atoms with Crippen molar-refractivity contribution in [1.82, 2.24) is 0 Å². The molecule has 0 fully saturated rings. The highest BCUT2D eigenvalue weighted by molar-refractivity contribution is 5.38. The molecule has 3 N–H and O–H groups in total. The maximum absolute atomic E-state index is 10.8. The van der Waals surface area contributed by atoms with Crippen LogP contribution in [0.1, 0.15) is 37.3 Å². The molecule has 0 aliphatic carbocycles. The number of nitrogens with two attached hydrogens (primary N) is 1. The van der Waals surface area contributed by atoms with Crippen LogP contribution in [0.2, 0.25) is 0 Å². The van der Waals surface area contributed by atoms with Crippen LogP contribution in [0, 0.1) is 5.41 Å². The first-order chi connectivity index (χ1) is 15.8. The molecule has 0 saturated heterocycles. The van der Waals surface area contributed by atoms with Gasteiger partial charge in [-0.25, -0.2) is 0 Å². The van der Waals surface area contributed by atoms with Crippen molar-refractivity contribution in [1.29, 1.82) is 0 Å². The maximum Gasteiger partial charge on any atom is 0.119 e. The van der Waals surface area contributed by atoms with E-state index in [-0.39, 0.29) is 17.9 Å². The van der Waals surface area contributed by atoms with E-state index in [2.05, 4.69) is 38.1 Å². The average Bonchev–Trinajstić information content (AvgIpc) is 2.86. The predicted octanol–water partition coefficient (Wildman–Crippen LogP) is 5.02. The first kappa shape index (κ1) is 24.6. The number of hydrogen-bond acceptors (Lipinski definition) is 5. The van der Waals surface area contributed by atoms with E-state index in [9.17, 15) is 5.11 Å². The summed E-state index contributed by atoms with van der Waals surface area (Å²) in [4.78, 5) is 0. The summed E-state index contributed by atoms with van der Waals surface area (Å²) in [6, 6.07) is 25.2. The van der Waals surface area contributed by atoms with Gasteiger partial charge in [0.1, 0.15) is 30.0 Å². The number of methoxy groups -OCH3 is 2. The molecular formula is C28H35NO4. The Hall–Kier alpha value is -3.02. The zero-order valence-electron chi connectivity index (χ0n) is 19.9. The minimum Gasteiger partial charge on any atom is -0.497 e. The lowest BCUT2D eigenvalue weighted by Crippen LogP contribution is -2.49. The maximum atomic E-state index is 10.8. The van der Waals surface area contributed by atoms with Gasteiger partial charge in [-0.05, 0) is 59.4 Å². The lowest BCUT2D eigenvalue weighted by molar-refractivity contribution is 0.0397. The fourth-order valence-electron chi connectivity index (χ4n) is 4.09. The molecule has 0 aliphatic heterocycles. The Morgan fingerprint density at radius 3 is 1.70 bits per heavy atom. The van der Waals surface area contributed by atoms with Crippen LogP contribution in [-0.2, 0) is 0 Å². The first-order valence-electron chi connectivity index (χ1n) is 11.2. The summed E-state index contributed by atoms with van der Waals surface area (Å²) >= 11 is 0. The molecule has 176 valence electrons. The number of para-hydroxylation sites is 1. The van der Waals surface area contributed by atoms with Gasteiger partial charge in [-0.15, -0.1) is 0 Å². The predicted molar refractivity (Wildman–Crippen MR) is 132 cm³/mol. The van der Waals surface area contributed by atoms with Crippen molar-refractivity contribution in [2.24, 2.45) is 11.1 Å². The van der Waals surface area contributed by atoms with Crippen molar-refractivity contribution in [3.05, 3.63) is 90.0 Å². The lowest BCUT2D eigenvalue weighted by atomic mass is 9.71. The van der Waals surface area contributed by atoms with Crippen LogP contribution >= 0.6 is 0 Å². The van der Waals surface area contributed by atoms with Crippen LogP contribution in [0.3, 0.4) is 0 Å². The third-order valence-corrected chi connectivity index (χ3v) is 6.25. The van der Waals surface area contributed by atoms with Crippen molar-refractivity contribution < 1.29 is 19.3 Å². The molecule has 0 radical (unpaired) electrons. The summed E-state index contributed by atoms with van der Waals surface area (Å²) in [6.07, 6.45) is -0.0533. The van der Waals surface area contributed by atoms with Gasteiger partial charge in [-0.2, -0.15) is 0 Å². The molecule has 0 spiro atoms. The largest absolute Gasteiger partial charge is 0.497 e. The normalized spacial score (nSPS) is 13.4. The highest BCUT2D eigenvalue weighted by Gasteiger charge is 2.35. The fraction of sp³-hybridized carbons (Fsp3) is 0.357. The number of ether oxygens (including phenoxy) is 3. The van der Waals surface area contributed by atoms with E-state index in [1.807, 2.05) is 54.6 Å². The number of aliphatic hydroxyl groups excluding tert-OH is 1. The summed E-state index contributed by atoms with van der Waals surface area (Å²) in [5.41, 5.74) is 8.54. The molecule has 3 aromatic carbocycles. The van der Waals surface area contributed by atoms with Crippen LogP contribution in [0.25, 0.3) is 0 Å². The molecule has 0 aliphatic rings. The zero-order valence-corrected chi connectivity index (χ0v) is 19.9. The summed E-state index contributed by atoms with van der Waals surface area (Å²) in [5, 5.41) is 10.8. The monoisotopic (exact) mass is 449 g/mol. The molecule has 5 heteroatoms. The van der Waals surface area contributed by atoms with Gasteiger partial charge in [0.2, 0.25) is 0 Å². The molecule has 0 saturated carbocycles. The Bertz CT molecular complexity index is 924. The van der Waals surface area contributed by atoms with E-state index in [1.165, 1.54) is 0 Å². The molecular weight excluding hydrogens is 414 g/mol. The standard InChI is InChI=1S/C28H35NO4/c1-28(2,27(29)26(30)19-33-24-8-6-5-7-9-24)18-25(20-10-14-22(31-3)15-11-20)21-12-16-23(32-4)17-13-21/h5-17,25-27,30H,18-19,29H2,1-4H3/t26-,27?/m0/s1. The van der Waals surface area contributed by atoms with Crippen LogP contribution in [0.15, 0.2) is 78.9 Å². The first-order valence-corrected chi connectivity index (χ1v) is 11.2. The molecule has 2 atom stereocenters. The Labute approximate surface area is 197 Å². The van der Waals surface area contributed by atoms with Gasteiger partial charge in [0.05, 0.1) is 14.2 Å². The van der Waals surface area contributed by atoms with Crippen LogP contribution in [0.4, 0.5) is 0 Å². The summed E-state index contributed by atoms with van der Waals surface area (Å²) in [6.45, 7) is 4.34. The van der Waals surface area contributed by atoms with Gasteiger partial charge in [-0.3, -0.25) is 0 Å². The summed E-state index contributed by atoms with van der Waals surface area (Å²) < 4.78 is 16.4. The van der Waals surface area contributed by atoms with Gasteiger partial charge in [0.15, 0.2) is 0 Å². The summed E-state index contributed by atoms with van der Waals surface area (Å²) in [5.74, 6) is 2.44. The van der Waals surface area contributed by atoms with Gasteiger partial charge in [0, 0.05) is 12.0 Å². The highest BCUT2D eigenvalue weighted by Crippen LogP contribution is 2.39. The zero-order chi connectivity index (χ0) is 23.8. The third kappa shape index (κ3) is 6.50. The van der Waals surface area contributed by atoms with Gasteiger partial charge < -0.3 is 25.1 Å². The molecule has 0 heterocycles. The second-order valence-electron chi connectivity index (χ2n) is 9.01. The van der Waals surface area contributed by atoms with Crippen molar-refractivity contribution in [3.8, 4) is 17.2 Å². The van der Waals surface area contributed by atoms with Crippen molar-refractivity contribution in [2.75, 3.05) is 20.8 Å². The van der Waals surface area contributed by atoms with Crippen LogP contribution < -0.4 is 19.9 Å². The molecule has 0 aromatic heterocycles. The van der Waals surface area contributed by atoms with E-state index >= 15 is 0 Å². The van der Waals surface area contributed by atoms with Gasteiger partial charge in [0.25, 0.3) is 0 Å². The Morgan fingerprint density at radius 1 is 0.758 bits per heavy atom. The molecule has 1 unspecified atom stereocenters. The van der Waals surface area contributed by atoms with Crippen molar-refractivity contribution in [2.45, 2.75) is 38.3 Å². The molecule has 3 rings (SSSR count). The Kier molecular flexibility index (Phi) is 8.37. The second-order valence-corrected chi connectivity index (χ2v) is 9.01. The van der Waals surface area contributed by atoms with Crippen molar-refractivity contribution in [3.63, 3.8) is 0 Å². The quantitative estimate of drug-likeness (QED) is 0.430. The Morgan fingerprint density at radius 2 is 1.24 bits per heavy atom. The summed E-state index contributed by atoms with van der Waals surface area (Å²) in [7, 11) is 3.33. The number of benzene rings is 3. The third-order valence-electron chi connectivity index (χ3n) is 6.25. The smallest absolute Gasteiger partial charge is 0.119 e. The fourth-order valence-corrected chi connectivity index (χ4v) is 4.09. The topological polar surface area (TPSA) is 73.9 Å². The average molecular weight is 450 g/mol. The second kappa shape index (κ2) is 11.2. The number of hydrogen-bond donors (Lipinski definition) is 2. The molecule has 33 heavy (non-hydrogen) atoms. The minimum absolute atomic E-state index is 0.0881. The van der Waals surface area contributed by atoms with Crippen LogP contribution in [-0.4, -0.2) is 38.1 Å². The van der Waals surface area contributed by atoms with E-state index in [1.54, 1.807) is 14.2 Å². The van der Waals surface area contributed by atoms with E-state index in [0.29, 0.717) is 0 Å². The molecule has 0 bridgehead atoms. The SMILES string of the molecule is COc1ccc(C(CC(C)(C)C(N)[C@@H](O)COc2ccccc2)c2ccc(OC)cc2)cc1. The van der Waals surface area contributed by atoms with Gasteiger partial charge in [-0.1, -0.05) is 56.3 Å². The van der Waals surface area contributed by atoms with Crippen molar-refractivity contribution >= 4 is 0 Å². The van der Waals surface area contributed by atoms with E-state index in [0.717, 1.165) is 34.8 Å². The van der Waals surface area contributed by atoms with E-state index in [4.69, 9.17) is 19.9 Å². The molecule has 0 amide bonds. The van der Waals surface area contributed by atoms with E-state index < -0.39 is 12.1 Å². The Balaban J connectivity index is 1.79. The van der Waals surface area contributed by atoms with Crippen LogP contribution in [0.5, 0.6) is 17.2 Å². The lowest BCUT2D eigenvalue weighted by Gasteiger charge is -2.38.